The van der Waals surface area contributed by atoms with Crippen LogP contribution in [-0.2, 0) is 10.2 Å². The van der Waals surface area contributed by atoms with Crippen LogP contribution < -0.4 is 10.2 Å². The number of amides is 2. The Morgan fingerprint density at radius 1 is 1.11 bits per heavy atom. The number of anilines is 1. The van der Waals surface area contributed by atoms with E-state index in [1.54, 1.807) is 29.2 Å². The maximum absolute atomic E-state index is 12.7. The first-order chi connectivity index (χ1) is 13.5. The molecule has 0 unspecified atom stereocenters. The molecule has 0 atom stereocenters. The summed E-state index contributed by atoms with van der Waals surface area (Å²) in [6.07, 6.45) is 1.46. The number of carbonyl (C=O) groups excluding carboxylic acids is 2. The van der Waals surface area contributed by atoms with Gasteiger partial charge in [0.25, 0.3) is 5.91 Å². The quantitative estimate of drug-likeness (QED) is 0.727. The van der Waals surface area contributed by atoms with Crippen molar-refractivity contribution in [2.45, 2.75) is 32.1 Å². The predicted molar refractivity (Wildman–Crippen MR) is 111 cm³/mol. The molecular formula is C22H25ClN2O3. The first-order valence-corrected chi connectivity index (χ1v) is 9.95. The monoisotopic (exact) mass is 400 g/mol. The van der Waals surface area contributed by atoms with Crippen molar-refractivity contribution in [3.8, 4) is 0 Å². The molecule has 0 aromatic heterocycles. The minimum Gasteiger partial charge on any atom is -0.447 e. The van der Waals surface area contributed by atoms with E-state index in [1.807, 2.05) is 24.3 Å². The lowest BCUT2D eigenvalue weighted by Gasteiger charge is -2.32. The summed E-state index contributed by atoms with van der Waals surface area (Å²) in [6.45, 7) is 5.73. The molecular weight excluding hydrogens is 376 g/mol. The van der Waals surface area contributed by atoms with E-state index in [0.29, 0.717) is 30.3 Å². The zero-order chi connectivity index (χ0) is 20.1. The molecule has 1 fully saturated rings. The van der Waals surface area contributed by atoms with E-state index >= 15 is 0 Å². The van der Waals surface area contributed by atoms with Crippen molar-refractivity contribution in [2.75, 3.05) is 24.6 Å². The number of nitrogens with one attached hydrogen (secondary N) is 1. The number of ether oxygens (including phenoxy) is 1. The van der Waals surface area contributed by atoms with E-state index in [4.69, 9.17) is 16.3 Å². The van der Waals surface area contributed by atoms with Gasteiger partial charge in [-0.05, 0) is 54.8 Å². The normalized spacial score (nSPS) is 14.1. The summed E-state index contributed by atoms with van der Waals surface area (Å²) in [5, 5.41) is 3.78. The number of carbonyl (C=O) groups is 2. The Kier molecular flexibility index (Phi) is 6.25. The molecule has 0 bridgehead atoms. The summed E-state index contributed by atoms with van der Waals surface area (Å²) in [4.78, 5) is 25.9. The fourth-order valence-electron chi connectivity index (χ4n) is 3.59. The Morgan fingerprint density at radius 3 is 2.29 bits per heavy atom. The summed E-state index contributed by atoms with van der Waals surface area (Å²) >= 11 is 6.02. The molecule has 1 aliphatic heterocycles. The van der Waals surface area contributed by atoms with Crippen molar-refractivity contribution in [3.63, 3.8) is 0 Å². The Hall–Kier alpha value is -2.53. The van der Waals surface area contributed by atoms with Gasteiger partial charge in [0.05, 0.1) is 6.54 Å². The van der Waals surface area contributed by atoms with E-state index in [9.17, 15) is 9.59 Å². The van der Waals surface area contributed by atoms with E-state index in [-0.39, 0.29) is 17.4 Å². The fourth-order valence-corrected chi connectivity index (χ4v) is 3.71. The summed E-state index contributed by atoms with van der Waals surface area (Å²) in [7, 11) is 0. The first kappa shape index (κ1) is 20.2. The maximum atomic E-state index is 12.7. The number of rotatable bonds is 7. The van der Waals surface area contributed by atoms with Crippen LogP contribution in [0.25, 0.3) is 0 Å². The van der Waals surface area contributed by atoms with Gasteiger partial charge < -0.3 is 10.1 Å². The third kappa shape index (κ3) is 4.14. The van der Waals surface area contributed by atoms with Crippen LogP contribution in [0.5, 0.6) is 0 Å². The molecule has 5 nitrogen and oxygen atoms in total. The molecule has 3 rings (SSSR count). The van der Waals surface area contributed by atoms with Crippen molar-refractivity contribution < 1.29 is 14.3 Å². The lowest BCUT2D eigenvalue weighted by molar-refractivity contribution is 0.0941. The van der Waals surface area contributed by atoms with Crippen LogP contribution in [0.3, 0.4) is 0 Å². The molecule has 0 saturated carbocycles. The molecule has 1 aliphatic rings. The Morgan fingerprint density at radius 2 is 1.75 bits per heavy atom. The SMILES string of the molecule is CCC(CC)(CNC(=O)c1ccc(N2CCOC2=O)cc1)c1ccc(Cl)cc1. The van der Waals surface area contributed by atoms with Crippen molar-refractivity contribution in [3.05, 3.63) is 64.7 Å². The number of cyclic esters (lactones) is 1. The second kappa shape index (κ2) is 8.65. The molecule has 1 saturated heterocycles. The average molecular weight is 401 g/mol. The molecule has 0 spiro atoms. The molecule has 2 aromatic carbocycles. The van der Waals surface area contributed by atoms with Gasteiger partial charge >= 0.3 is 6.09 Å². The molecule has 0 aliphatic carbocycles. The summed E-state index contributed by atoms with van der Waals surface area (Å²) in [5.41, 5.74) is 2.33. The largest absolute Gasteiger partial charge is 0.447 e. The number of halogens is 1. The van der Waals surface area contributed by atoms with Crippen molar-refractivity contribution in [1.82, 2.24) is 5.32 Å². The number of benzene rings is 2. The topological polar surface area (TPSA) is 58.6 Å². The highest BCUT2D eigenvalue weighted by atomic mass is 35.5. The van der Waals surface area contributed by atoms with Gasteiger partial charge in [0.2, 0.25) is 0 Å². The van der Waals surface area contributed by atoms with Gasteiger partial charge in [0, 0.05) is 28.2 Å². The van der Waals surface area contributed by atoms with Gasteiger partial charge in [-0.25, -0.2) is 4.79 Å². The average Bonchev–Trinajstić information content (AvgIpc) is 3.16. The minimum atomic E-state index is -0.351. The lowest BCUT2D eigenvalue weighted by Crippen LogP contribution is -2.40. The lowest BCUT2D eigenvalue weighted by atomic mass is 9.75. The molecule has 2 aromatic rings. The second-order valence-electron chi connectivity index (χ2n) is 6.99. The van der Waals surface area contributed by atoms with E-state index in [2.05, 4.69) is 19.2 Å². The van der Waals surface area contributed by atoms with Crippen LogP contribution in [-0.4, -0.2) is 31.7 Å². The molecule has 148 valence electrons. The van der Waals surface area contributed by atoms with Crippen molar-refractivity contribution in [2.24, 2.45) is 0 Å². The third-order valence-electron chi connectivity index (χ3n) is 5.60. The number of nitrogens with zero attached hydrogens (tertiary/aromatic N) is 1. The Labute approximate surface area is 170 Å². The van der Waals surface area contributed by atoms with Gasteiger partial charge in [-0.3, -0.25) is 9.69 Å². The van der Waals surface area contributed by atoms with Gasteiger partial charge in [-0.1, -0.05) is 37.6 Å². The van der Waals surface area contributed by atoms with E-state index < -0.39 is 0 Å². The van der Waals surface area contributed by atoms with Gasteiger partial charge in [0.1, 0.15) is 6.61 Å². The highest BCUT2D eigenvalue weighted by Gasteiger charge is 2.29. The third-order valence-corrected chi connectivity index (χ3v) is 5.85. The number of hydrogen-bond acceptors (Lipinski definition) is 3. The zero-order valence-electron chi connectivity index (χ0n) is 16.2. The highest BCUT2D eigenvalue weighted by Crippen LogP contribution is 2.32. The Balaban J connectivity index is 1.69. The smallest absolute Gasteiger partial charge is 0.414 e. The molecule has 6 heteroatoms. The standard InChI is InChI=1S/C22H25ClN2O3/c1-3-22(4-2,17-7-9-18(23)10-8-17)15-24-20(26)16-5-11-19(12-6-16)25-13-14-28-21(25)27/h5-12H,3-4,13-15H2,1-2H3,(H,24,26). The fraction of sp³-hybridized carbons (Fsp3) is 0.364. The van der Waals surface area contributed by atoms with Crippen molar-refractivity contribution >= 4 is 29.3 Å². The molecule has 2 amide bonds. The molecule has 1 N–H and O–H groups in total. The van der Waals surface area contributed by atoms with Crippen LogP contribution in [0.4, 0.5) is 10.5 Å². The predicted octanol–water partition coefficient (Wildman–Crippen LogP) is 4.78. The molecule has 1 heterocycles. The van der Waals surface area contributed by atoms with E-state index in [0.717, 1.165) is 18.5 Å². The van der Waals surface area contributed by atoms with Gasteiger partial charge in [-0.15, -0.1) is 0 Å². The zero-order valence-corrected chi connectivity index (χ0v) is 17.0. The van der Waals surface area contributed by atoms with Crippen molar-refractivity contribution in [1.29, 1.82) is 0 Å². The van der Waals surface area contributed by atoms with Crippen LogP contribution in [0, 0.1) is 0 Å². The second-order valence-corrected chi connectivity index (χ2v) is 7.43. The molecule has 0 radical (unpaired) electrons. The van der Waals surface area contributed by atoms with Crippen LogP contribution in [0.1, 0.15) is 42.6 Å². The molecule has 28 heavy (non-hydrogen) atoms. The van der Waals surface area contributed by atoms with Crippen LogP contribution in [0.15, 0.2) is 48.5 Å². The minimum absolute atomic E-state index is 0.129. The number of hydrogen-bond donors (Lipinski definition) is 1. The van der Waals surface area contributed by atoms with E-state index in [1.165, 1.54) is 5.56 Å². The van der Waals surface area contributed by atoms with Gasteiger partial charge in [-0.2, -0.15) is 0 Å². The summed E-state index contributed by atoms with van der Waals surface area (Å²) in [6, 6.07) is 14.9. The van der Waals surface area contributed by atoms with Crippen LogP contribution >= 0.6 is 11.6 Å². The van der Waals surface area contributed by atoms with Gasteiger partial charge in [0.15, 0.2) is 0 Å². The van der Waals surface area contributed by atoms with Crippen LogP contribution in [0.2, 0.25) is 5.02 Å². The first-order valence-electron chi connectivity index (χ1n) is 9.57. The highest BCUT2D eigenvalue weighted by molar-refractivity contribution is 6.30. The summed E-state index contributed by atoms with van der Waals surface area (Å²) < 4.78 is 4.95. The summed E-state index contributed by atoms with van der Waals surface area (Å²) in [5.74, 6) is -0.129. The maximum Gasteiger partial charge on any atom is 0.414 e. The Bertz CT molecular complexity index is 830.